The Kier molecular flexibility index (Phi) is 5.34. The van der Waals surface area contributed by atoms with Crippen molar-refractivity contribution < 1.29 is 9.47 Å². The van der Waals surface area contributed by atoms with Gasteiger partial charge in [0.05, 0.1) is 16.3 Å². The topological polar surface area (TPSA) is 44.2 Å². The fraction of sp³-hybridized carbons (Fsp3) is 0.143. The maximum atomic E-state index is 6.38. The molecule has 0 saturated carbocycles. The van der Waals surface area contributed by atoms with E-state index in [0.717, 1.165) is 38.4 Å². The first-order valence-electron chi connectivity index (χ1n) is 8.49. The van der Waals surface area contributed by atoms with E-state index in [0.29, 0.717) is 18.2 Å². The Morgan fingerprint density at radius 3 is 2.44 bits per heavy atom. The summed E-state index contributed by atoms with van der Waals surface area (Å²) < 4.78 is 12.0. The Bertz CT molecular complexity index is 1080. The molecule has 0 amide bonds. The number of ether oxygens (including phenoxy) is 2. The van der Waals surface area contributed by atoms with Gasteiger partial charge in [-0.2, -0.15) is 0 Å². The highest BCUT2D eigenvalue weighted by Gasteiger charge is 2.17. The molecule has 0 fully saturated rings. The number of nitrogens with zero attached hydrogens (tertiary/aromatic N) is 2. The number of halogens is 1. The molecule has 4 nitrogen and oxygen atoms in total. The maximum absolute atomic E-state index is 6.38. The molecule has 6 heteroatoms. The molecule has 2 aromatic carbocycles. The zero-order valence-electron chi connectivity index (χ0n) is 14.7. The van der Waals surface area contributed by atoms with Crippen molar-refractivity contribution in [2.45, 2.75) is 0 Å². The maximum Gasteiger partial charge on any atom is 0.128 e. The highest BCUT2D eigenvalue weighted by atomic mass is 35.5. The van der Waals surface area contributed by atoms with Crippen molar-refractivity contribution in [1.29, 1.82) is 0 Å². The molecule has 0 atom stereocenters. The Hall–Kier alpha value is -2.47. The molecular weight excluding hydrogens is 380 g/mol. The lowest BCUT2D eigenvalue weighted by Crippen LogP contribution is -2.05. The molecule has 0 aliphatic heterocycles. The highest BCUT2D eigenvalue weighted by molar-refractivity contribution is 7.17. The first-order valence-corrected chi connectivity index (χ1v) is 9.75. The van der Waals surface area contributed by atoms with Gasteiger partial charge in [-0.15, -0.1) is 21.5 Å². The van der Waals surface area contributed by atoms with Gasteiger partial charge < -0.3 is 9.47 Å². The number of fused-ring (bicyclic) bond motifs is 1. The van der Waals surface area contributed by atoms with E-state index in [-0.39, 0.29) is 0 Å². The van der Waals surface area contributed by atoms with E-state index in [1.165, 1.54) is 0 Å². The highest BCUT2D eigenvalue weighted by Crippen LogP contribution is 2.40. The van der Waals surface area contributed by atoms with Gasteiger partial charge in [-0.1, -0.05) is 41.9 Å². The lowest BCUT2D eigenvalue weighted by molar-refractivity contribution is 0.146. The summed E-state index contributed by atoms with van der Waals surface area (Å²) in [4.78, 5) is 0. The Balaban J connectivity index is 1.83. The lowest BCUT2D eigenvalue weighted by Gasteiger charge is -2.12. The summed E-state index contributed by atoms with van der Waals surface area (Å²) in [6, 6.07) is 17.6. The van der Waals surface area contributed by atoms with Gasteiger partial charge in [0.1, 0.15) is 23.7 Å². The first-order chi connectivity index (χ1) is 13.3. The van der Waals surface area contributed by atoms with Crippen LogP contribution >= 0.6 is 22.9 Å². The van der Waals surface area contributed by atoms with Crippen LogP contribution in [0.5, 0.6) is 5.75 Å². The Morgan fingerprint density at radius 2 is 1.63 bits per heavy atom. The second-order valence-corrected chi connectivity index (χ2v) is 7.20. The summed E-state index contributed by atoms with van der Waals surface area (Å²) in [5, 5.41) is 12.8. The smallest absolute Gasteiger partial charge is 0.128 e. The van der Waals surface area contributed by atoms with Crippen molar-refractivity contribution in [3.05, 3.63) is 65.0 Å². The fourth-order valence-corrected chi connectivity index (χ4v) is 4.05. The third kappa shape index (κ3) is 3.54. The molecule has 0 bridgehead atoms. The van der Waals surface area contributed by atoms with Crippen LogP contribution < -0.4 is 4.74 Å². The average molecular weight is 397 g/mol. The first kappa shape index (κ1) is 17.9. The van der Waals surface area contributed by atoms with Crippen LogP contribution in [0.3, 0.4) is 0 Å². The van der Waals surface area contributed by atoms with Crippen LogP contribution in [0.25, 0.3) is 32.6 Å². The Labute approximate surface area is 166 Å². The number of methoxy groups -OCH3 is 1. The minimum absolute atomic E-state index is 0.478. The number of hydrogen-bond donors (Lipinski definition) is 0. The van der Waals surface area contributed by atoms with Gasteiger partial charge in [0.15, 0.2) is 0 Å². The zero-order valence-corrected chi connectivity index (χ0v) is 16.3. The van der Waals surface area contributed by atoms with Gasteiger partial charge >= 0.3 is 0 Å². The third-order valence-corrected chi connectivity index (χ3v) is 5.45. The summed E-state index contributed by atoms with van der Waals surface area (Å²) >= 11 is 8.02. The standard InChI is InChI=1S/C21H17ClN2O2S/c1-25-11-12-26-18-9-5-3-7-15(18)20-21-16(10-13-27-21)19(23-24-20)14-6-2-4-8-17(14)22/h2-10,13H,11-12H2,1H3. The lowest BCUT2D eigenvalue weighted by atomic mass is 10.1. The predicted octanol–water partition coefficient (Wildman–Crippen LogP) is 5.70. The van der Waals surface area contributed by atoms with Crippen molar-refractivity contribution in [3.63, 3.8) is 0 Å². The van der Waals surface area contributed by atoms with Gasteiger partial charge in [-0.3, -0.25) is 0 Å². The van der Waals surface area contributed by atoms with Crippen molar-refractivity contribution in [3.8, 4) is 28.3 Å². The van der Waals surface area contributed by atoms with E-state index < -0.39 is 0 Å². The summed E-state index contributed by atoms with van der Waals surface area (Å²) in [6.45, 7) is 1.01. The van der Waals surface area contributed by atoms with Crippen molar-refractivity contribution in [2.24, 2.45) is 0 Å². The third-order valence-electron chi connectivity index (χ3n) is 4.20. The average Bonchev–Trinajstić information content (AvgIpc) is 3.19. The number of hydrogen-bond acceptors (Lipinski definition) is 5. The fourth-order valence-electron chi connectivity index (χ4n) is 2.93. The van der Waals surface area contributed by atoms with Gasteiger partial charge in [0.25, 0.3) is 0 Å². The van der Waals surface area contributed by atoms with E-state index in [1.807, 2.05) is 53.9 Å². The summed E-state index contributed by atoms with van der Waals surface area (Å²) in [7, 11) is 1.66. The minimum Gasteiger partial charge on any atom is -0.490 e. The zero-order chi connectivity index (χ0) is 18.6. The summed E-state index contributed by atoms with van der Waals surface area (Å²) in [5.74, 6) is 0.768. The van der Waals surface area contributed by atoms with Crippen LogP contribution in [0.1, 0.15) is 0 Å². The van der Waals surface area contributed by atoms with E-state index in [9.17, 15) is 0 Å². The van der Waals surface area contributed by atoms with E-state index in [1.54, 1.807) is 18.4 Å². The molecular formula is C21H17ClN2O2S. The van der Waals surface area contributed by atoms with Crippen molar-refractivity contribution >= 4 is 33.0 Å². The number of benzene rings is 2. The molecule has 136 valence electrons. The van der Waals surface area contributed by atoms with Crippen molar-refractivity contribution in [2.75, 3.05) is 20.3 Å². The molecule has 2 aromatic heterocycles. The van der Waals surface area contributed by atoms with Crippen molar-refractivity contribution in [1.82, 2.24) is 10.2 Å². The van der Waals surface area contributed by atoms with Gasteiger partial charge in [-0.25, -0.2) is 0 Å². The van der Waals surface area contributed by atoms with Gasteiger partial charge in [-0.05, 0) is 29.6 Å². The summed E-state index contributed by atoms with van der Waals surface area (Å²) in [5.41, 5.74) is 3.40. The minimum atomic E-state index is 0.478. The van der Waals surface area contributed by atoms with E-state index >= 15 is 0 Å². The molecule has 0 radical (unpaired) electrons. The number of rotatable bonds is 6. The van der Waals surface area contributed by atoms with Crippen LogP contribution in [0.2, 0.25) is 5.02 Å². The van der Waals surface area contributed by atoms with Gasteiger partial charge in [0.2, 0.25) is 0 Å². The van der Waals surface area contributed by atoms with E-state index in [2.05, 4.69) is 16.3 Å². The van der Waals surface area contributed by atoms with Crippen LogP contribution in [-0.4, -0.2) is 30.5 Å². The monoisotopic (exact) mass is 396 g/mol. The Morgan fingerprint density at radius 1 is 0.889 bits per heavy atom. The predicted molar refractivity (Wildman–Crippen MR) is 111 cm³/mol. The molecule has 0 saturated heterocycles. The number of para-hydroxylation sites is 1. The number of thiophene rings is 1. The largest absolute Gasteiger partial charge is 0.490 e. The van der Waals surface area contributed by atoms with Crippen LogP contribution in [-0.2, 0) is 4.74 Å². The SMILES string of the molecule is COCCOc1ccccc1-c1nnc(-c2ccccc2Cl)c2ccsc12. The molecule has 0 aliphatic carbocycles. The van der Waals surface area contributed by atoms with Crippen LogP contribution in [0.4, 0.5) is 0 Å². The van der Waals surface area contributed by atoms with Crippen LogP contribution in [0.15, 0.2) is 60.0 Å². The van der Waals surface area contributed by atoms with Crippen LogP contribution in [0, 0.1) is 0 Å². The second kappa shape index (κ2) is 8.05. The quantitative estimate of drug-likeness (QED) is 0.392. The van der Waals surface area contributed by atoms with Gasteiger partial charge in [0, 0.05) is 23.6 Å². The molecule has 0 aliphatic rings. The number of aromatic nitrogens is 2. The molecule has 0 N–H and O–H groups in total. The second-order valence-electron chi connectivity index (χ2n) is 5.88. The molecule has 27 heavy (non-hydrogen) atoms. The summed E-state index contributed by atoms with van der Waals surface area (Å²) in [6.07, 6.45) is 0. The molecule has 0 spiro atoms. The molecule has 4 aromatic rings. The van der Waals surface area contributed by atoms with E-state index in [4.69, 9.17) is 21.1 Å². The molecule has 2 heterocycles. The molecule has 4 rings (SSSR count). The molecule has 0 unspecified atom stereocenters. The normalized spacial score (nSPS) is 11.0.